The van der Waals surface area contributed by atoms with Crippen molar-refractivity contribution >= 4 is 16.0 Å². The molecular formula is C15H19NO4S. The number of hydrogen-bond acceptors (Lipinski definition) is 4. The van der Waals surface area contributed by atoms with Gasteiger partial charge in [-0.15, -0.1) is 0 Å². The summed E-state index contributed by atoms with van der Waals surface area (Å²) in [6.45, 7) is 1.09. The van der Waals surface area contributed by atoms with Gasteiger partial charge < -0.3 is 4.90 Å². The first-order chi connectivity index (χ1) is 9.97. The van der Waals surface area contributed by atoms with E-state index in [9.17, 15) is 13.2 Å². The van der Waals surface area contributed by atoms with Gasteiger partial charge in [-0.3, -0.25) is 8.98 Å². The topological polar surface area (TPSA) is 63.7 Å². The molecule has 0 spiro atoms. The van der Waals surface area contributed by atoms with Crippen molar-refractivity contribution in [2.24, 2.45) is 0 Å². The van der Waals surface area contributed by atoms with E-state index in [0.29, 0.717) is 13.1 Å². The third-order valence-electron chi connectivity index (χ3n) is 3.38. The molecule has 5 nitrogen and oxygen atoms in total. The molecule has 21 heavy (non-hydrogen) atoms. The van der Waals surface area contributed by atoms with Gasteiger partial charge in [0.2, 0.25) is 5.91 Å². The van der Waals surface area contributed by atoms with Crippen LogP contribution in [0.2, 0.25) is 0 Å². The van der Waals surface area contributed by atoms with E-state index in [1.165, 1.54) is 0 Å². The zero-order valence-electron chi connectivity index (χ0n) is 12.0. The van der Waals surface area contributed by atoms with Gasteiger partial charge in [-0.05, 0) is 24.8 Å². The summed E-state index contributed by atoms with van der Waals surface area (Å²) in [4.78, 5) is 14.4. The maximum atomic E-state index is 12.6. The first kappa shape index (κ1) is 16.0. The molecule has 1 aliphatic rings. The van der Waals surface area contributed by atoms with Crippen LogP contribution < -0.4 is 0 Å². The predicted molar refractivity (Wildman–Crippen MR) is 79.0 cm³/mol. The molecule has 2 radical (unpaired) electrons. The van der Waals surface area contributed by atoms with Gasteiger partial charge in [0.1, 0.15) is 0 Å². The molecule has 1 aromatic carbocycles. The lowest BCUT2D eigenvalue weighted by atomic mass is 9.97. The van der Waals surface area contributed by atoms with Crippen LogP contribution in [0.4, 0.5) is 0 Å². The van der Waals surface area contributed by atoms with Crippen molar-refractivity contribution in [2.75, 3.05) is 26.0 Å². The Morgan fingerprint density at radius 3 is 2.48 bits per heavy atom. The van der Waals surface area contributed by atoms with Crippen LogP contribution in [-0.2, 0) is 19.1 Å². The SMILES string of the molecule is CS(=O)(=O)OCC(C(=O)N1CC[C]CC1)c1ccccc1. The van der Waals surface area contributed by atoms with Crippen LogP contribution in [0, 0.1) is 6.42 Å². The largest absolute Gasteiger partial charge is 0.342 e. The van der Waals surface area contributed by atoms with E-state index in [2.05, 4.69) is 6.42 Å². The minimum Gasteiger partial charge on any atom is -0.342 e. The zero-order valence-corrected chi connectivity index (χ0v) is 12.8. The highest BCUT2D eigenvalue weighted by molar-refractivity contribution is 7.85. The Labute approximate surface area is 126 Å². The maximum absolute atomic E-state index is 12.6. The van der Waals surface area contributed by atoms with Gasteiger partial charge in [0, 0.05) is 13.1 Å². The first-order valence-electron chi connectivity index (χ1n) is 6.86. The number of benzene rings is 1. The summed E-state index contributed by atoms with van der Waals surface area (Å²) in [5.74, 6) is -0.689. The Bertz CT molecular complexity index is 565. The van der Waals surface area contributed by atoms with Crippen molar-refractivity contribution < 1.29 is 17.4 Å². The fourth-order valence-electron chi connectivity index (χ4n) is 2.29. The third-order valence-corrected chi connectivity index (χ3v) is 3.94. The molecule has 1 saturated heterocycles. The van der Waals surface area contributed by atoms with Crippen LogP contribution in [0.1, 0.15) is 24.3 Å². The highest BCUT2D eigenvalue weighted by atomic mass is 32.2. The summed E-state index contributed by atoms with van der Waals surface area (Å²) >= 11 is 0. The molecule has 1 unspecified atom stereocenters. The van der Waals surface area contributed by atoms with Crippen molar-refractivity contribution in [1.82, 2.24) is 4.90 Å². The Morgan fingerprint density at radius 2 is 1.90 bits per heavy atom. The summed E-state index contributed by atoms with van der Waals surface area (Å²) in [6, 6.07) is 9.14. The number of hydrogen-bond donors (Lipinski definition) is 0. The number of piperidine rings is 1. The third kappa shape index (κ3) is 4.82. The Morgan fingerprint density at radius 1 is 1.29 bits per heavy atom. The Balaban J connectivity index is 2.16. The van der Waals surface area contributed by atoms with Gasteiger partial charge in [0.25, 0.3) is 10.1 Å². The second kappa shape index (κ2) is 7.04. The summed E-state index contributed by atoms with van der Waals surface area (Å²) < 4.78 is 27.3. The molecule has 1 fully saturated rings. The van der Waals surface area contributed by atoms with Gasteiger partial charge in [-0.1, -0.05) is 30.3 Å². The lowest BCUT2D eigenvalue weighted by molar-refractivity contribution is -0.134. The van der Waals surface area contributed by atoms with Gasteiger partial charge >= 0.3 is 0 Å². The van der Waals surface area contributed by atoms with Gasteiger partial charge in [-0.25, -0.2) is 0 Å². The summed E-state index contributed by atoms with van der Waals surface area (Å²) in [5.41, 5.74) is 0.768. The highest BCUT2D eigenvalue weighted by Crippen LogP contribution is 2.22. The first-order valence-corrected chi connectivity index (χ1v) is 8.68. The number of carbonyl (C=O) groups is 1. The monoisotopic (exact) mass is 309 g/mol. The fraction of sp³-hybridized carbons (Fsp3) is 0.467. The average molecular weight is 309 g/mol. The van der Waals surface area contributed by atoms with Crippen LogP contribution in [0.3, 0.4) is 0 Å². The number of nitrogens with zero attached hydrogens (tertiary/aromatic N) is 1. The lowest BCUT2D eigenvalue weighted by Crippen LogP contribution is -2.40. The molecule has 0 aliphatic carbocycles. The summed E-state index contributed by atoms with van der Waals surface area (Å²) in [6.07, 6.45) is 5.67. The molecule has 6 heteroatoms. The minimum atomic E-state index is -3.57. The van der Waals surface area contributed by atoms with Gasteiger partial charge in [0.05, 0.1) is 18.8 Å². The van der Waals surface area contributed by atoms with Crippen LogP contribution in [0.5, 0.6) is 0 Å². The molecule has 1 aliphatic heterocycles. The van der Waals surface area contributed by atoms with Crippen LogP contribution in [0.25, 0.3) is 0 Å². The Kier molecular flexibility index (Phi) is 5.36. The molecule has 1 heterocycles. The van der Waals surface area contributed by atoms with E-state index >= 15 is 0 Å². The van der Waals surface area contributed by atoms with Crippen molar-refractivity contribution in [3.63, 3.8) is 0 Å². The molecule has 2 rings (SSSR count). The second-order valence-electron chi connectivity index (χ2n) is 5.03. The molecule has 1 aromatic rings. The predicted octanol–water partition coefficient (Wildman–Crippen LogP) is 1.45. The van der Waals surface area contributed by atoms with E-state index in [1.54, 1.807) is 4.90 Å². The average Bonchev–Trinajstić information content (AvgIpc) is 2.48. The summed E-state index contributed by atoms with van der Waals surface area (Å²) in [7, 11) is -3.57. The normalized spacial score (nSPS) is 17.5. The van der Waals surface area contributed by atoms with Crippen molar-refractivity contribution in [3.05, 3.63) is 42.3 Å². The van der Waals surface area contributed by atoms with E-state index in [1.807, 2.05) is 30.3 Å². The van der Waals surface area contributed by atoms with E-state index < -0.39 is 16.0 Å². The number of likely N-dealkylation sites (tertiary alicyclic amines) is 1. The smallest absolute Gasteiger partial charge is 0.264 e. The van der Waals surface area contributed by atoms with Gasteiger partial charge in [0.15, 0.2) is 0 Å². The van der Waals surface area contributed by atoms with Crippen molar-refractivity contribution in [2.45, 2.75) is 18.8 Å². The zero-order chi connectivity index (χ0) is 15.3. The number of rotatable bonds is 5. The van der Waals surface area contributed by atoms with E-state index in [0.717, 1.165) is 24.7 Å². The molecule has 0 saturated carbocycles. The second-order valence-corrected chi connectivity index (χ2v) is 6.67. The highest BCUT2D eigenvalue weighted by Gasteiger charge is 2.28. The molecule has 114 valence electrons. The van der Waals surface area contributed by atoms with Crippen LogP contribution >= 0.6 is 0 Å². The number of carbonyl (C=O) groups excluding carboxylic acids is 1. The van der Waals surface area contributed by atoms with E-state index in [-0.39, 0.29) is 12.5 Å². The molecule has 0 bridgehead atoms. The fourth-order valence-corrected chi connectivity index (χ4v) is 2.68. The van der Waals surface area contributed by atoms with Crippen molar-refractivity contribution in [1.29, 1.82) is 0 Å². The lowest BCUT2D eigenvalue weighted by Gasteiger charge is -2.30. The molecular weight excluding hydrogens is 290 g/mol. The van der Waals surface area contributed by atoms with Crippen LogP contribution in [0.15, 0.2) is 30.3 Å². The maximum Gasteiger partial charge on any atom is 0.264 e. The van der Waals surface area contributed by atoms with Crippen molar-refractivity contribution in [3.8, 4) is 0 Å². The Hall–Kier alpha value is -1.40. The van der Waals surface area contributed by atoms with Crippen LogP contribution in [-0.4, -0.2) is 45.2 Å². The van der Waals surface area contributed by atoms with Gasteiger partial charge in [-0.2, -0.15) is 8.42 Å². The standard InChI is InChI=1S/C15H19NO4S/c1-21(18,19)20-12-14(13-8-4-2-5-9-13)15(17)16-10-6-3-7-11-16/h2,4-5,8-9,14H,6-7,10-12H2,1H3. The molecule has 0 aromatic heterocycles. The minimum absolute atomic E-state index is 0.0913. The summed E-state index contributed by atoms with van der Waals surface area (Å²) in [5, 5.41) is 0. The molecule has 1 atom stereocenters. The van der Waals surface area contributed by atoms with E-state index in [4.69, 9.17) is 4.18 Å². The number of amides is 1. The molecule has 1 amide bonds. The molecule has 0 N–H and O–H groups in total. The quantitative estimate of drug-likeness (QED) is 0.772.